The van der Waals surface area contributed by atoms with E-state index >= 15 is 0 Å². The smallest absolute Gasteiger partial charge is 0.200 e. The van der Waals surface area contributed by atoms with Crippen molar-refractivity contribution in [1.29, 1.82) is 0 Å². The maximum absolute atomic E-state index is 13.1. The Hall–Kier alpha value is -3.33. The molecule has 134 valence electrons. The van der Waals surface area contributed by atoms with Crippen LogP contribution in [0.4, 0.5) is 0 Å². The molecule has 27 heavy (non-hydrogen) atoms. The highest BCUT2D eigenvalue weighted by Crippen LogP contribution is 2.28. The largest absolute Gasteiger partial charge is 0.494 e. The highest BCUT2D eigenvalue weighted by Gasteiger charge is 2.14. The number of fused-ring (bicyclic) bond motifs is 1. The van der Waals surface area contributed by atoms with Crippen molar-refractivity contribution in [3.63, 3.8) is 0 Å². The van der Waals surface area contributed by atoms with Crippen molar-refractivity contribution in [3.05, 3.63) is 88.8 Å². The van der Waals surface area contributed by atoms with E-state index in [1.807, 2.05) is 56.3 Å². The van der Waals surface area contributed by atoms with E-state index in [9.17, 15) is 4.79 Å². The Labute approximate surface area is 157 Å². The summed E-state index contributed by atoms with van der Waals surface area (Å²) in [4.78, 5) is 13.1. The van der Waals surface area contributed by atoms with Crippen LogP contribution in [-0.2, 0) is 0 Å². The van der Waals surface area contributed by atoms with Gasteiger partial charge in [-0.25, -0.2) is 0 Å². The van der Waals surface area contributed by atoms with Crippen LogP contribution in [-0.4, -0.2) is 6.61 Å². The van der Waals surface area contributed by atoms with Gasteiger partial charge in [-0.3, -0.25) is 4.79 Å². The Bertz CT molecular complexity index is 1140. The van der Waals surface area contributed by atoms with Gasteiger partial charge in [0, 0.05) is 6.07 Å². The lowest BCUT2D eigenvalue weighted by Crippen LogP contribution is -2.07. The molecule has 0 unspecified atom stereocenters. The molecule has 0 N–H and O–H groups in total. The van der Waals surface area contributed by atoms with Gasteiger partial charge in [-0.15, -0.1) is 0 Å². The molecule has 0 aliphatic rings. The van der Waals surface area contributed by atoms with Gasteiger partial charge in [0.25, 0.3) is 0 Å². The number of ether oxygens (including phenoxy) is 1. The van der Waals surface area contributed by atoms with Gasteiger partial charge in [-0.2, -0.15) is 0 Å². The normalized spacial score (nSPS) is 10.9. The van der Waals surface area contributed by atoms with Crippen molar-refractivity contribution in [2.45, 2.75) is 13.8 Å². The summed E-state index contributed by atoms with van der Waals surface area (Å²) in [6, 6.07) is 23.5. The molecule has 4 rings (SSSR count). The molecule has 0 atom stereocenters. The van der Waals surface area contributed by atoms with Crippen LogP contribution in [0.25, 0.3) is 33.2 Å². The maximum atomic E-state index is 13.1. The van der Waals surface area contributed by atoms with E-state index in [1.54, 1.807) is 18.2 Å². The maximum Gasteiger partial charge on any atom is 0.200 e. The van der Waals surface area contributed by atoms with Crippen LogP contribution in [0.3, 0.4) is 0 Å². The fourth-order valence-electron chi connectivity index (χ4n) is 3.34. The average Bonchev–Trinajstić information content (AvgIpc) is 2.69. The molecule has 3 heteroatoms. The minimum absolute atomic E-state index is 0.0238. The highest BCUT2D eigenvalue weighted by molar-refractivity contribution is 5.84. The first kappa shape index (κ1) is 17.1. The van der Waals surface area contributed by atoms with Gasteiger partial charge in [0.2, 0.25) is 5.43 Å². The Balaban J connectivity index is 1.79. The Morgan fingerprint density at radius 1 is 0.852 bits per heavy atom. The fraction of sp³-hybridized carbons (Fsp3) is 0.125. The first-order valence-corrected chi connectivity index (χ1v) is 9.03. The van der Waals surface area contributed by atoms with Gasteiger partial charge >= 0.3 is 0 Å². The third kappa shape index (κ3) is 3.24. The molecule has 0 saturated carbocycles. The number of benzene rings is 3. The van der Waals surface area contributed by atoms with Crippen molar-refractivity contribution in [1.82, 2.24) is 0 Å². The highest BCUT2D eigenvalue weighted by atomic mass is 16.5. The van der Waals surface area contributed by atoms with Gasteiger partial charge in [0.15, 0.2) is 0 Å². The third-order valence-corrected chi connectivity index (χ3v) is 4.63. The Morgan fingerprint density at radius 3 is 2.22 bits per heavy atom. The molecule has 0 saturated heterocycles. The van der Waals surface area contributed by atoms with E-state index in [1.165, 1.54) is 0 Å². The summed E-state index contributed by atoms with van der Waals surface area (Å²) >= 11 is 0. The van der Waals surface area contributed by atoms with E-state index in [0.717, 1.165) is 16.7 Å². The third-order valence-electron chi connectivity index (χ3n) is 4.63. The predicted molar refractivity (Wildman–Crippen MR) is 109 cm³/mol. The summed E-state index contributed by atoms with van der Waals surface area (Å²) in [7, 11) is 0. The van der Waals surface area contributed by atoms with Crippen molar-refractivity contribution in [2.24, 2.45) is 0 Å². The molecule has 0 aliphatic carbocycles. The van der Waals surface area contributed by atoms with Crippen LogP contribution in [0, 0.1) is 6.92 Å². The van der Waals surface area contributed by atoms with Gasteiger partial charge in [-0.1, -0.05) is 54.6 Å². The van der Waals surface area contributed by atoms with Crippen LogP contribution < -0.4 is 10.2 Å². The van der Waals surface area contributed by atoms with E-state index in [2.05, 4.69) is 12.1 Å². The molecule has 0 radical (unpaired) electrons. The minimum Gasteiger partial charge on any atom is -0.494 e. The average molecular weight is 356 g/mol. The fourth-order valence-corrected chi connectivity index (χ4v) is 3.34. The van der Waals surface area contributed by atoms with Gasteiger partial charge in [0.1, 0.15) is 17.1 Å². The second-order valence-corrected chi connectivity index (χ2v) is 6.40. The van der Waals surface area contributed by atoms with Gasteiger partial charge in [0.05, 0.1) is 17.6 Å². The lowest BCUT2D eigenvalue weighted by atomic mass is 9.99. The van der Waals surface area contributed by atoms with Gasteiger partial charge in [-0.05, 0) is 42.7 Å². The summed E-state index contributed by atoms with van der Waals surface area (Å²) in [5.74, 6) is 1.31. The molecule has 0 fully saturated rings. The number of aryl methyl sites for hydroxylation is 1. The summed E-state index contributed by atoms with van der Waals surface area (Å²) in [5, 5.41) is 0.561. The van der Waals surface area contributed by atoms with Crippen LogP contribution in [0.5, 0.6) is 5.75 Å². The quantitative estimate of drug-likeness (QED) is 0.461. The SMILES string of the molecule is CCOc1ccc2c(=O)c(-c3ccc(-c4ccccc4)cc3)c(C)oc2c1. The summed E-state index contributed by atoms with van der Waals surface area (Å²) in [5.41, 5.74) is 4.25. The molecule has 3 nitrogen and oxygen atoms in total. The molecular formula is C24H20O3. The molecule has 1 heterocycles. The van der Waals surface area contributed by atoms with E-state index < -0.39 is 0 Å². The number of hydrogen-bond donors (Lipinski definition) is 0. The zero-order chi connectivity index (χ0) is 18.8. The van der Waals surface area contributed by atoms with Crippen LogP contribution >= 0.6 is 0 Å². The first-order chi connectivity index (χ1) is 13.2. The molecule has 0 spiro atoms. The van der Waals surface area contributed by atoms with Gasteiger partial charge < -0.3 is 9.15 Å². The molecule has 4 aromatic rings. The Morgan fingerprint density at radius 2 is 1.52 bits per heavy atom. The van der Waals surface area contributed by atoms with Crippen molar-refractivity contribution in [3.8, 4) is 28.0 Å². The van der Waals surface area contributed by atoms with E-state index in [0.29, 0.717) is 34.6 Å². The summed E-state index contributed by atoms with van der Waals surface area (Å²) < 4.78 is 11.5. The Kier molecular flexibility index (Phi) is 4.51. The summed E-state index contributed by atoms with van der Waals surface area (Å²) in [6.07, 6.45) is 0. The second kappa shape index (κ2) is 7.12. The zero-order valence-electron chi connectivity index (χ0n) is 15.4. The second-order valence-electron chi connectivity index (χ2n) is 6.40. The molecule has 0 bridgehead atoms. The topological polar surface area (TPSA) is 39.4 Å². The monoisotopic (exact) mass is 356 g/mol. The number of hydrogen-bond acceptors (Lipinski definition) is 3. The molecule has 0 amide bonds. The van der Waals surface area contributed by atoms with Crippen LogP contribution in [0.1, 0.15) is 12.7 Å². The lowest BCUT2D eigenvalue weighted by Gasteiger charge is -2.09. The first-order valence-electron chi connectivity index (χ1n) is 9.03. The van der Waals surface area contributed by atoms with Crippen molar-refractivity contribution < 1.29 is 9.15 Å². The molecular weight excluding hydrogens is 336 g/mol. The standard InChI is InChI=1S/C24H20O3/c1-3-26-20-13-14-21-22(15-20)27-16(2)23(24(21)25)19-11-9-18(10-12-19)17-7-5-4-6-8-17/h4-15H,3H2,1-2H3. The van der Waals surface area contributed by atoms with Crippen molar-refractivity contribution in [2.75, 3.05) is 6.61 Å². The number of rotatable bonds is 4. The molecule has 1 aromatic heterocycles. The predicted octanol–water partition coefficient (Wildman–Crippen LogP) is 5.83. The van der Waals surface area contributed by atoms with Crippen molar-refractivity contribution >= 4 is 11.0 Å². The minimum atomic E-state index is -0.0238. The van der Waals surface area contributed by atoms with Crippen LogP contribution in [0.15, 0.2) is 82.0 Å². The molecule has 3 aromatic carbocycles. The summed E-state index contributed by atoms with van der Waals surface area (Å²) in [6.45, 7) is 4.32. The van der Waals surface area contributed by atoms with E-state index in [-0.39, 0.29) is 5.43 Å². The zero-order valence-corrected chi connectivity index (χ0v) is 15.4. The van der Waals surface area contributed by atoms with Crippen LogP contribution in [0.2, 0.25) is 0 Å². The van der Waals surface area contributed by atoms with E-state index in [4.69, 9.17) is 9.15 Å². The lowest BCUT2D eigenvalue weighted by molar-refractivity contribution is 0.340. The molecule has 0 aliphatic heterocycles.